The van der Waals surface area contributed by atoms with Crippen molar-refractivity contribution in [2.75, 3.05) is 31.5 Å². The number of amides is 1. The third-order valence-corrected chi connectivity index (χ3v) is 6.52. The van der Waals surface area contributed by atoms with Crippen LogP contribution in [0.4, 0.5) is 14.5 Å². The van der Waals surface area contributed by atoms with E-state index in [-0.39, 0.29) is 5.56 Å². The number of hydrogen-bond donors (Lipinski definition) is 2. The Hall–Kier alpha value is -3.27. The van der Waals surface area contributed by atoms with Gasteiger partial charge in [-0.15, -0.1) is 0 Å². The average Bonchev–Trinajstić information content (AvgIpc) is 3.31. The zero-order chi connectivity index (χ0) is 24.8. The van der Waals surface area contributed by atoms with Gasteiger partial charge in [0.15, 0.2) is 11.6 Å². The summed E-state index contributed by atoms with van der Waals surface area (Å²) in [6.45, 7) is 8.82. The van der Waals surface area contributed by atoms with Gasteiger partial charge in [-0.3, -0.25) is 9.69 Å². The Balaban J connectivity index is 0.00000141. The van der Waals surface area contributed by atoms with Crippen molar-refractivity contribution in [1.82, 2.24) is 20.2 Å². The van der Waals surface area contributed by atoms with Gasteiger partial charge in [-0.1, -0.05) is 37.3 Å². The first kappa shape index (κ1) is 24.8. The topological polar surface area (TPSA) is 70.2 Å². The lowest BCUT2D eigenvalue weighted by molar-refractivity contribution is 0.102. The summed E-state index contributed by atoms with van der Waals surface area (Å²) in [5.74, 6) is -2.59. The van der Waals surface area contributed by atoms with Crippen LogP contribution in [-0.4, -0.2) is 47.0 Å². The normalized spacial score (nSPS) is 13.8. The molecule has 9 heteroatoms. The Morgan fingerprint density at radius 3 is 2.63 bits per heavy atom. The van der Waals surface area contributed by atoms with E-state index in [0.717, 1.165) is 71.3 Å². The highest BCUT2D eigenvalue weighted by molar-refractivity contribution is 7.21. The quantitative estimate of drug-likeness (QED) is 0.392. The highest BCUT2D eigenvalue weighted by Gasteiger charge is 2.16. The first-order chi connectivity index (χ1) is 17.1. The number of carbonyl (C=O) groups is 1. The molecule has 0 aliphatic carbocycles. The number of thiazole rings is 1. The molecule has 0 atom stereocenters. The van der Waals surface area contributed by atoms with E-state index in [2.05, 4.69) is 26.6 Å². The summed E-state index contributed by atoms with van der Waals surface area (Å²) in [6, 6.07) is 12.4. The SMILES string of the molecule is CC.O=C(Nc1ccccc1-c1nc2cc(CN3CCNCC3)cnc2s1)c1ccc(F)c(F)c1. The lowest BCUT2D eigenvalue weighted by Crippen LogP contribution is -2.42. The molecule has 2 aromatic carbocycles. The zero-order valence-electron chi connectivity index (χ0n) is 19.6. The lowest BCUT2D eigenvalue weighted by Gasteiger charge is -2.26. The van der Waals surface area contributed by atoms with Crippen molar-refractivity contribution < 1.29 is 13.6 Å². The molecule has 3 heterocycles. The van der Waals surface area contributed by atoms with Crippen LogP contribution in [0.2, 0.25) is 0 Å². The number of pyridine rings is 1. The van der Waals surface area contributed by atoms with Gasteiger partial charge in [0.1, 0.15) is 15.4 Å². The van der Waals surface area contributed by atoms with Crippen LogP contribution in [0.15, 0.2) is 54.7 Å². The maximum atomic E-state index is 13.5. The van der Waals surface area contributed by atoms with Gasteiger partial charge in [-0.25, -0.2) is 18.7 Å². The number of para-hydroxylation sites is 1. The molecule has 2 aromatic heterocycles. The Kier molecular flexibility index (Phi) is 8.12. The van der Waals surface area contributed by atoms with Crippen LogP contribution in [0.5, 0.6) is 0 Å². The molecule has 35 heavy (non-hydrogen) atoms. The highest BCUT2D eigenvalue weighted by Crippen LogP contribution is 2.34. The van der Waals surface area contributed by atoms with Gasteiger partial charge in [0.25, 0.3) is 5.91 Å². The number of rotatable bonds is 5. The molecular formula is C26H27F2N5OS. The van der Waals surface area contributed by atoms with Gasteiger partial charge in [0.05, 0.1) is 5.69 Å². The molecule has 0 spiro atoms. The first-order valence-electron chi connectivity index (χ1n) is 11.6. The van der Waals surface area contributed by atoms with E-state index in [1.165, 1.54) is 17.4 Å². The summed E-state index contributed by atoms with van der Waals surface area (Å²) in [6.07, 6.45) is 1.89. The number of hydrogen-bond acceptors (Lipinski definition) is 6. The van der Waals surface area contributed by atoms with E-state index in [1.807, 2.05) is 32.2 Å². The van der Waals surface area contributed by atoms with E-state index in [9.17, 15) is 13.6 Å². The molecule has 1 saturated heterocycles. The molecule has 182 valence electrons. The fourth-order valence-corrected chi connectivity index (χ4v) is 4.73. The molecule has 2 N–H and O–H groups in total. The van der Waals surface area contributed by atoms with E-state index in [0.29, 0.717) is 5.69 Å². The summed E-state index contributed by atoms with van der Waals surface area (Å²) < 4.78 is 26.8. The van der Waals surface area contributed by atoms with Crippen molar-refractivity contribution in [3.8, 4) is 10.6 Å². The minimum absolute atomic E-state index is 0.0345. The van der Waals surface area contributed by atoms with Crippen LogP contribution in [-0.2, 0) is 6.54 Å². The largest absolute Gasteiger partial charge is 0.321 e. The van der Waals surface area contributed by atoms with Crippen molar-refractivity contribution in [2.45, 2.75) is 20.4 Å². The number of nitrogens with zero attached hydrogens (tertiary/aromatic N) is 3. The number of benzene rings is 2. The number of piperazine rings is 1. The molecule has 5 rings (SSSR count). The molecule has 1 fully saturated rings. The van der Waals surface area contributed by atoms with Crippen LogP contribution in [0.25, 0.3) is 20.9 Å². The van der Waals surface area contributed by atoms with Crippen LogP contribution >= 0.6 is 11.3 Å². The number of anilines is 1. The van der Waals surface area contributed by atoms with Gasteiger partial charge < -0.3 is 10.6 Å². The third kappa shape index (κ3) is 5.87. The average molecular weight is 496 g/mol. The van der Waals surface area contributed by atoms with Gasteiger partial charge in [0.2, 0.25) is 0 Å². The lowest BCUT2D eigenvalue weighted by atomic mass is 10.1. The van der Waals surface area contributed by atoms with Gasteiger partial charge in [-0.05, 0) is 42.0 Å². The molecule has 0 saturated carbocycles. The number of fused-ring (bicyclic) bond motifs is 1. The predicted octanol–water partition coefficient (Wildman–Crippen LogP) is 5.32. The zero-order valence-corrected chi connectivity index (χ0v) is 20.5. The Morgan fingerprint density at radius 1 is 1.09 bits per heavy atom. The van der Waals surface area contributed by atoms with Crippen LogP contribution in [0.1, 0.15) is 29.8 Å². The first-order valence-corrected chi connectivity index (χ1v) is 12.4. The standard InChI is InChI=1S/C24H21F2N5OS.C2H6/c25-18-6-5-16(12-19(18)26)22(32)29-20-4-2-1-3-17(20)23-30-21-11-15(13-28-24(21)33-23)14-31-9-7-27-8-10-31;1-2/h1-6,11-13,27H,7-10,14H2,(H,29,32);1-2H3. The monoisotopic (exact) mass is 495 g/mol. The maximum Gasteiger partial charge on any atom is 0.255 e. The third-order valence-electron chi connectivity index (χ3n) is 5.51. The van der Waals surface area contributed by atoms with E-state index in [1.54, 1.807) is 12.1 Å². The summed E-state index contributed by atoms with van der Waals surface area (Å²) in [5.41, 5.74) is 3.23. The van der Waals surface area contributed by atoms with Crippen molar-refractivity contribution in [2.24, 2.45) is 0 Å². The molecule has 4 aromatic rings. The number of nitrogens with one attached hydrogen (secondary N) is 2. The van der Waals surface area contributed by atoms with Gasteiger partial charge in [-0.2, -0.15) is 0 Å². The Bertz CT molecular complexity index is 1320. The van der Waals surface area contributed by atoms with Crippen LogP contribution in [0, 0.1) is 11.6 Å². The molecule has 0 bridgehead atoms. The molecule has 0 radical (unpaired) electrons. The van der Waals surface area contributed by atoms with Crippen LogP contribution in [0.3, 0.4) is 0 Å². The number of halogens is 2. The van der Waals surface area contributed by atoms with Crippen molar-refractivity contribution in [3.05, 3.63) is 77.5 Å². The second-order valence-corrected chi connectivity index (χ2v) is 8.82. The fourth-order valence-electron chi connectivity index (χ4n) is 3.80. The van der Waals surface area contributed by atoms with Crippen molar-refractivity contribution in [1.29, 1.82) is 0 Å². The number of carbonyl (C=O) groups excluding carboxylic acids is 1. The second-order valence-electron chi connectivity index (χ2n) is 7.84. The second kappa shape index (κ2) is 11.4. The highest BCUT2D eigenvalue weighted by atomic mass is 32.1. The summed E-state index contributed by atoms with van der Waals surface area (Å²) in [4.78, 5) is 25.2. The maximum absolute atomic E-state index is 13.5. The molecule has 1 aliphatic heterocycles. The van der Waals surface area contributed by atoms with E-state index >= 15 is 0 Å². The molecule has 6 nitrogen and oxygen atoms in total. The van der Waals surface area contributed by atoms with Gasteiger partial charge >= 0.3 is 0 Å². The molecule has 1 aliphatic rings. The minimum Gasteiger partial charge on any atom is -0.321 e. The Morgan fingerprint density at radius 2 is 1.86 bits per heavy atom. The van der Waals surface area contributed by atoms with Crippen molar-refractivity contribution >= 4 is 33.3 Å². The summed E-state index contributed by atoms with van der Waals surface area (Å²) in [5, 5.41) is 6.86. The molecule has 1 amide bonds. The summed E-state index contributed by atoms with van der Waals surface area (Å²) >= 11 is 1.44. The van der Waals surface area contributed by atoms with Gasteiger partial charge in [0, 0.05) is 50.0 Å². The van der Waals surface area contributed by atoms with Crippen molar-refractivity contribution in [3.63, 3.8) is 0 Å². The van der Waals surface area contributed by atoms with E-state index in [4.69, 9.17) is 4.98 Å². The fraction of sp³-hybridized carbons (Fsp3) is 0.269. The molecular weight excluding hydrogens is 468 g/mol. The Labute approximate surface area is 207 Å². The minimum atomic E-state index is -1.06. The summed E-state index contributed by atoms with van der Waals surface area (Å²) in [7, 11) is 0. The predicted molar refractivity (Wildman–Crippen MR) is 137 cm³/mol. The van der Waals surface area contributed by atoms with E-state index < -0.39 is 17.5 Å². The van der Waals surface area contributed by atoms with Crippen LogP contribution < -0.4 is 10.6 Å². The smallest absolute Gasteiger partial charge is 0.255 e. The number of aromatic nitrogens is 2. The molecule has 0 unspecified atom stereocenters.